The van der Waals surface area contributed by atoms with Gasteiger partial charge < -0.3 is 14.7 Å². The monoisotopic (exact) mass is 533 g/mol. The maximum absolute atomic E-state index is 14.5. The van der Waals surface area contributed by atoms with Crippen LogP contribution < -0.4 is 10.2 Å². The maximum Gasteiger partial charge on any atom is 0.322 e. The summed E-state index contributed by atoms with van der Waals surface area (Å²) in [7, 11) is -3.84. The molecule has 1 aromatic carbocycles. The lowest BCUT2D eigenvalue weighted by molar-refractivity contribution is -0.138. The molecule has 1 aromatic heterocycles. The number of anilines is 2. The number of hydrogen-bond acceptors (Lipinski definition) is 8. The number of nitrogens with one attached hydrogen (secondary N) is 1. The first kappa shape index (κ1) is 25.9. The summed E-state index contributed by atoms with van der Waals surface area (Å²) in [5.41, 5.74) is -0.617. The van der Waals surface area contributed by atoms with E-state index < -0.39 is 67.8 Å². The number of benzene rings is 1. The van der Waals surface area contributed by atoms with Crippen LogP contribution in [0.2, 0.25) is 0 Å². The molecule has 36 heavy (non-hydrogen) atoms. The summed E-state index contributed by atoms with van der Waals surface area (Å²) in [5, 5.41) is 5.99. The van der Waals surface area contributed by atoms with Crippen LogP contribution in [-0.4, -0.2) is 66.7 Å². The summed E-state index contributed by atoms with van der Waals surface area (Å²) in [6, 6.07) is -0.158. The van der Waals surface area contributed by atoms with E-state index in [0.29, 0.717) is 38.4 Å². The van der Waals surface area contributed by atoms with Gasteiger partial charge >= 0.3 is 5.92 Å². The number of rotatable bonds is 6. The molecule has 3 heterocycles. The summed E-state index contributed by atoms with van der Waals surface area (Å²) < 4.78 is 83.5. The fourth-order valence-electron chi connectivity index (χ4n) is 4.27. The van der Waals surface area contributed by atoms with Gasteiger partial charge in [-0.1, -0.05) is 0 Å². The lowest BCUT2D eigenvalue weighted by atomic mass is 9.96. The summed E-state index contributed by atoms with van der Waals surface area (Å²) in [5.74, 6) is -7.83. The molecule has 0 radical (unpaired) electrons. The molecule has 2 saturated heterocycles. The summed E-state index contributed by atoms with van der Waals surface area (Å²) >= 11 is 0. The van der Waals surface area contributed by atoms with Gasteiger partial charge in [0, 0.05) is 38.7 Å². The van der Waals surface area contributed by atoms with Gasteiger partial charge in [-0.05, 0) is 36.6 Å². The molecule has 4 rings (SSSR count). The van der Waals surface area contributed by atoms with Crippen molar-refractivity contribution in [1.82, 2.24) is 15.0 Å². The van der Waals surface area contributed by atoms with E-state index in [0.717, 1.165) is 11.2 Å². The number of likely N-dealkylation sites (tertiary alicyclic amines) is 1. The molecule has 2 aromatic rings. The first-order chi connectivity index (χ1) is 16.8. The van der Waals surface area contributed by atoms with Crippen LogP contribution in [0.4, 0.5) is 29.2 Å². The molecule has 15 heteroatoms. The van der Waals surface area contributed by atoms with Gasteiger partial charge in [0.1, 0.15) is 11.7 Å². The van der Waals surface area contributed by atoms with E-state index >= 15 is 0 Å². The van der Waals surface area contributed by atoms with Crippen molar-refractivity contribution < 1.29 is 40.1 Å². The first-order valence-corrected chi connectivity index (χ1v) is 12.9. The van der Waals surface area contributed by atoms with E-state index in [1.54, 1.807) is 0 Å². The van der Waals surface area contributed by atoms with Crippen LogP contribution in [0, 0.1) is 11.6 Å². The number of carbonyl (C=O) groups is 2. The van der Waals surface area contributed by atoms with Crippen molar-refractivity contribution in [3.63, 3.8) is 0 Å². The zero-order chi connectivity index (χ0) is 26.4. The highest BCUT2D eigenvalue weighted by molar-refractivity contribution is 7.90. The fourth-order valence-corrected chi connectivity index (χ4v) is 4.91. The third-order valence-corrected chi connectivity index (χ3v) is 7.20. The van der Waals surface area contributed by atoms with Gasteiger partial charge in [-0.3, -0.25) is 14.5 Å². The number of aromatic nitrogens is 2. The molecule has 0 spiro atoms. The summed E-state index contributed by atoms with van der Waals surface area (Å²) in [4.78, 5) is 31.4. The number of amides is 2. The molecule has 0 saturated carbocycles. The Balaban J connectivity index is 1.45. The van der Waals surface area contributed by atoms with E-state index in [1.165, 1.54) is 4.90 Å². The van der Waals surface area contributed by atoms with Crippen LogP contribution in [0.3, 0.4) is 0 Å². The Kier molecular flexibility index (Phi) is 6.70. The molecule has 196 valence electrons. The van der Waals surface area contributed by atoms with Crippen molar-refractivity contribution in [1.29, 1.82) is 0 Å². The number of nitrogens with zero attached hydrogens (tertiary/aromatic N) is 4. The third-order valence-electron chi connectivity index (χ3n) is 6.11. The predicted molar refractivity (Wildman–Crippen MR) is 117 cm³/mol. The average molecular weight is 534 g/mol. The Labute approximate surface area is 203 Å². The Morgan fingerprint density at radius 1 is 1.14 bits per heavy atom. The van der Waals surface area contributed by atoms with Crippen LogP contribution in [0.25, 0.3) is 0 Å². The van der Waals surface area contributed by atoms with Crippen LogP contribution in [0.5, 0.6) is 0 Å². The highest BCUT2D eigenvalue weighted by Gasteiger charge is 2.40. The van der Waals surface area contributed by atoms with Crippen molar-refractivity contribution in [2.75, 3.05) is 29.6 Å². The minimum atomic E-state index is -3.84. The molecule has 2 unspecified atom stereocenters. The largest absolute Gasteiger partial charge is 0.369 e. The standard InChI is InChI=1S/C21H23F4N5O5S/c1-21(24,25)19-27-20(28-35-19)30-7-5-11(8-16(30)31)29-6-3-4-15(18(29)32)26-17-13(22)9-12(10-14(17)23)36(2,33)34/h9-11,15,26H,3-8H2,1-2H3. The Bertz CT molecular complexity index is 1270. The minimum absolute atomic E-state index is 0.0514. The lowest BCUT2D eigenvalue weighted by Gasteiger charge is -2.41. The van der Waals surface area contributed by atoms with Crippen molar-refractivity contribution in [2.24, 2.45) is 0 Å². The lowest BCUT2D eigenvalue weighted by Crippen LogP contribution is -2.56. The summed E-state index contributed by atoms with van der Waals surface area (Å²) in [6.07, 6.45) is 1.74. The van der Waals surface area contributed by atoms with Gasteiger partial charge in [-0.25, -0.2) is 17.2 Å². The van der Waals surface area contributed by atoms with E-state index in [1.807, 2.05) is 0 Å². The van der Waals surface area contributed by atoms with E-state index in [9.17, 15) is 35.6 Å². The zero-order valence-corrected chi connectivity index (χ0v) is 20.1. The van der Waals surface area contributed by atoms with Gasteiger partial charge in [-0.2, -0.15) is 13.8 Å². The van der Waals surface area contributed by atoms with Crippen molar-refractivity contribution in [3.05, 3.63) is 29.7 Å². The van der Waals surface area contributed by atoms with Crippen molar-refractivity contribution >= 4 is 33.3 Å². The predicted octanol–water partition coefficient (Wildman–Crippen LogP) is 2.46. The first-order valence-electron chi connectivity index (χ1n) is 11.0. The second kappa shape index (κ2) is 9.33. The van der Waals surface area contributed by atoms with Crippen LogP contribution in [0.1, 0.15) is 38.5 Å². The van der Waals surface area contributed by atoms with Crippen LogP contribution >= 0.6 is 0 Å². The molecule has 2 atom stereocenters. The highest BCUT2D eigenvalue weighted by Crippen LogP contribution is 2.30. The number of piperidine rings is 2. The van der Waals surface area contributed by atoms with Gasteiger partial charge in [0.15, 0.2) is 21.5 Å². The van der Waals surface area contributed by atoms with Crippen LogP contribution in [0.15, 0.2) is 21.6 Å². The fraction of sp³-hybridized carbons (Fsp3) is 0.524. The Hall–Kier alpha value is -3.23. The summed E-state index contributed by atoms with van der Waals surface area (Å²) in [6.45, 7) is 0.958. The van der Waals surface area contributed by atoms with Gasteiger partial charge in [0.25, 0.3) is 11.8 Å². The average Bonchev–Trinajstić information content (AvgIpc) is 3.27. The molecular weight excluding hydrogens is 510 g/mol. The molecule has 2 aliphatic rings. The minimum Gasteiger partial charge on any atom is -0.369 e. The Morgan fingerprint density at radius 2 is 1.81 bits per heavy atom. The number of halogens is 4. The van der Waals surface area contributed by atoms with E-state index in [4.69, 9.17) is 0 Å². The molecule has 0 aliphatic carbocycles. The smallest absolute Gasteiger partial charge is 0.322 e. The molecule has 10 nitrogen and oxygen atoms in total. The number of sulfone groups is 1. The molecular formula is C21H23F4N5O5S. The maximum atomic E-state index is 14.5. The van der Waals surface area contributed by atoms with Gasteiger partial charge in [0.05, 0.1) is 4.90 Å². The number of hydrogen-bond donors (Lipinski definition) is 1. The molecule has 2 fully saturated rings. The number of carbonyl (C=O) groups excluding carboxylic acids is 2. The SMILES string of the molecule is CC(F)(F)c1nc(N2CCC(N3CCCC(Nc4c(F)cc(S(C)(=O)=O)cc4F)C3=O)CC2=O)no1. The normalized spacial score (nSPS) is 21.7. The zero-order valence-electron chi connectivity index (χ0n) is 19.3. The van der Waals surface area contributed by atoms with E-state index in [-0.39, 0.29) is 25.3 Å². The van der Waals surface area contributed by atoms with Crippen molar-refractivity contribution in [3.8, 4) is 0 Å². The van der Waals surface area contributed by atoms with E-state index in [2.05, 4.69) is 20.0 Å². The third kappa shape index (κ3) is 5.15. The highest BCUT2D eigenvalue weighted by atomic mass is 32.2. The molecule has 2 aliphatic heterocycles. The molecule has 1 N–H and O–H groups in total. The molecule has 2 amide bonds. The van der Waals surface area contributed by atoms with Crippen molar-refractivity contribution in [2.45, 2.75) is 55.5 Å². The molecule has 0 bridgehead atoms. The second-order valence-corrected chi connectivity index (χ2v) is 10.9. The second-order valence-electron chi connectivity index (χ2n) is 8.88. The van der Waals surface area contributed by atoms with Gasteiger partial charge in [0.2, 0.25) is 11.8 Å². The Morgan fingerprint density at radius 3 is 2.36 bits per heavy atom. The number of alkyl halides is 2. The van der Waals surface area contributed by atoms with Gasteiger partial charge in [-0.15, -0.1) is 0 Å². The topological polar surface area (TPSA) is 126 Å². The van der Waals surface area contributed by atoms with Crippen LogP contribution in [-0.2, 0) is 25.3 Å². The quantitative estimate of drug-likeness (QED) is 0.562.